The van der Waals surface area contributed by atoms with E-state index in [0.29, 0.717) is 5.92 Å². The van der Waals surface area contributed by atoms with Gasteiger partial charge in [0, 0.05) is 54.5 Å². The van der Waals surface area contributed by atoms with Gasteiger partial charge in [-0.25, -0.2) is 4.98 Å². The Balaban J connectivity index is 1.17. The van der Waals surface area contributed by atoms with Crippen molar-refractivity contribution in [1.82, 2.24) is 29.2 Å². The number of aromatic nitrogens is 5. The zero-order valence-electron chi connectivity index (χ0n) is 20.6. The van der Waals surface area contributed by atoms with E-state index in [1.807, 2.05) is 12.4 Å². The van der Waals surface area contributed by atoms with E-state index in [4.69, 9.17) is 4.98 Å². The molecular weight excluding hydrogens is 444 g/mol. The van der Waals surface area contributed by atoms with E-state index in [0.717, 1.165) is 78.4 Å². The normalized spacial score (nSPS) is 16.2. The van der Waals surface area contributed by atoms with Gasteiger partial charge < -0.3 is 14.9 Å². The first-order chi connectivity index (χ1) is 17.7. The molecule has 180 valence electrons. The summed E-state index contributed by atoms with van der Waals surface area (Å²) < 4.78 is 2.28. The van der Waals surface area contributed by atoms with Gasteiger partial charge in [0.05, 0.1) is 16.9 Å². The number of hydrogen-bond acceptors (Lipinski definition) is 3. The molecule has 6 nitrogen and oxygen atoms in total. The molecule has 0 amide bonds. The second-order valence-corrected chi connectivity index (χ2v) is 10.1. The molecule has 4 aromatic heterocycles. The first-order valence-corrected chi connectivity index (χ1v) is 12.9. The minimum absolute atomic E-state index is 0.396. The zero-order chi connectivity index (χ0) is 24.2. The maximum absolute atomic E-state index is 5.27. The van der Waals surface area contributed by atoms with Crippen LogP contribution in [0.2, 0.25) is 0 Å². The van der Waals surface area contributed by atoms with Gasteiger partial charge in [-0.05, 0) is 73.4 Å². The third-order valence-corrected chi connectivity index (χ3v) is 7.95. The number of benzene rings is 1. The number of H-pyrrole nitrogens is 2. The standard InChI is InChI=1S/C30H30N6/c1-19-29-28(27-18-24-5-3-4-6-25(24)33-27)34-30(36(29)16-13-31-19)22-10-14-35(15-11-22)20(2)23-8-7-21-9-12-32-26(21)17-23/h4,6-9,12-13,16-18,22,32-33H,2-3,5,10-11,14-15H2,1H3. The van der Waals surface area contributed by atoms with Crippen LogP contribution in [0.25, 0.3) is 39.6 Å². The quantitative estimate of drug-likeness (QED) is 0.320. The molecule has 5 heterocycles. The summed E-state index contributed by atoms with van der Waals surface area (Å²) in [6.45, 7) is 8.48. The molecule has 0 bridgehead atoms. The summed E-state index contributed by atoms with van der Waals surface area (Å²) in [7, 11) is 0. The first-order valence-electron chi connectivity index (χ1n) is 12.9. The average molecular weight is 475 g/mol. The fraction of sp³-hybridized carbons (Fsp3) is 0.267. The van der Waals surface area contributed by atoms with Crippen LogP contribution in [0.1, 0.15) is 53.5 Å². The highest BCUT2D eigenvalue weighted by atomic mass is 15.1. The monoisotopic (exact) mass is 474 g/mol. The van der Waals surface area contributed by atoms with Crippen LogP contribution in [0.5, 0.6) is 0 Å². The van der Waals surface area contributed by atoms with E-state index in [1.54, 1.807) is 0 Å². The minimum Gasteiger partial charge on any atom is -0.371 e. The summed E-state index contributed by atoms with van der Waals surface area (Å²) in [6, 6.07) is 10.9. The molecule has 1 aliphatic heterocycles. The number of fused-ring (bicyclic) bond motifs is 3. The van der Waals surface area contributed by atoms with Gasteiger partial charge in [0.1, 0.15) is 11.5 Å². The van der Waals surface area contributed by atoms with E-state index in [-0.39, 0.29) is 0 Å². The Morgan fingerprint density at radius 2 is 2.03 bits per heavy atom. The van der Waals surface area contributed by atoms with Gasteiger partial charge in [-0.1, -0.05) is 24.8 Å². The van der Waals surface area contributed by atoms with Crippen LogP contribution in [0, 0.1) is 6.92 Å². The van der Waals surface area contributed by atoms with E-state index in [2.05, 4.69) is 86.4 Å². The van der Waals surface area contributed by atoms with Gasteiger partial charge in [-0.15, -0.1) is 0 Å². The van der Waals surface area contributed by atoms with Crippen molar-refractivity contribution in [2.75, 3.05) is 13.1 Å². The molecule has 0 spiro atoms. The highest BCUT2D eigenvalue weighted by molar-refractivity contribution is 5.83. The van der Waals surface area contributed by atoms with E-state index in [9.17, 15) is 0 Å². The molecule has 0 saturated carbocycles. The number of aromatic amines is 2. The molecule has 2 aliphatic rings. The third kappa shape index (κ3) is 3.40. The molecular formula is C30H30N6. The lowest BCUT2D eigenvalue weighted by Crippen LogP contribution is -2.32. The second kappa shape index (κ2) is 8.26. The molecule has 2 N–H and O–H groups in total. The van der Waals surface area contributed by atoms with Crippen molar-refractivity contribution in [2.45, 2.75) is 38.5 Å². The highest BCUT2D eigenvalue weighted by Gasteiger charge is 2.28. The van der Waals surface area contributed by atoms with Crippen LogP contribution in [0.3, 0.4) is 0 Å². The van der Waals surface area contributed by atoms with Gasteiger partial charge in [0.15, 0.2) is 0 Å². The topological polar surface area (TPSA) is 65.0 Å². The number of hydrogen-bond donors (Lipinski definition) is 2. The molecule has 1 aromatic carbocycles. The summed E-state index contributed by atoms with van der Waals surface area (Å²) in [6.07, 6.45) is 14.7. The van der Waals surface area contributed by atoms with Gasteiger partial charge in [-0.3, -0.25) is 9.38 Å². The van der Waals surface area contributed by atoms with Crippen molar-refractivity contribution in [3.05, 3.63) is 89.9 Å². The van der Waals surface area contributed by atoms with Crippen molar-refractivity contribution in [1.29, 1.82) is 0 Å². The Labute approximate surface area is 210 Å². The van der Waals surface area contributed by atoms with Crippen molar-refractivity contribution < 1.29 is 0 Å². The van der Waals surface area contributed by atoms with Crippen LogP contribution < -0.4 is 0 Å². The number of piperidine rings is 1. The van der Waals surface area contributed by atoms with Gasteiger partial charge in [-0.2, -0.15) is 0 Å². The Morgan fingerprint density at radius 3 is 2.89 bits per heavy atom. The summed E-state index contributed by atoms with van der Waals surface area (Å²) in [5, 5.41) is 1.23. The Hall–Kier alpha value is -4.06. The summed E-state index contributed by atoms with van der Waals surface area (Å²) in [4.78, 5) is 19.2. The number of allylic oxidation sites excluding steroid dienone is 1. The molecule has 0 unspecified atom stereocenters. The highest BCUT2D eigenvalue weighted by Crippen LogP contribution is 2.36. The van der Waals surface area contributed by atoms with Crippen LogP contribution in [0.15, 0.2) is 61.6 Å². The molecule has 6 heteroatoms. The van der Waals surface area contributed by atoms with Crippen LogP contribution in [-0.4, -0.2) is 42.3 Å². The van der Waals surface area contributed by atoms with Crippen molar-refractivity contribution in [3.63, 3.8) is 0 Å². The van der Waals surface area contributed by atoms with Crippen molar-refractivity contribution in [3.8, 4) is 11.4 Å². The van der Waals surface area contributed by atoms with Crippen LogP contribution in [0.4, 0.5) is 0 Å². The van der Waals surface area contributed by atoms with Gasteiger partial charge in [0.2, 0.25) is 0 Å². The number of nitrogens with one attached hydrogen (secondary N) is 2. The second-order valence-electron chi connectivity index (χ2n) is 10.1. The van der Waals surface area contributed by atoms with Crippen molar-refractivity contribution in [2.24, 2.45) is 0 Å². The largest absolute Gasteiger partial charge is 0.371 e. The van der Waals surface area contributed by atoms with Crippen LogP contribution in [-0.2, 0) is 6.42 Å². The molecule has 1 aliphatic carbocycles. The summed E-state index contributed by atoms with van der Waals surface area (Å²) in [5.74, 6) is 1.54. The molecule has 0 radical (unpaired) electrons. The number of likely N-dealkylation sites (tertiary alicyclic amines) is 1. The number of imidazole rings is 1. The SMILES string of the molecule is C=C(c1ccc2cc[nH]c2c1)N1CCC(c2nc(-c3cc4c([nH]3)C=CCC4)c3c(C)nccn23)CC1. The lowest BCUT2D eigenvalue weighted by atomic mass is 9.95. The molecule has 5 aromatic rings. The van der Waals surface area contributed by atoms with Gasteiger partial charge in [0.25, 0.3) is 0 Å². The zero-order valence-corrected chi connectivity index (χ0v) is 20.6. The summed E-state index contributed by atoms with van der Waals surface area (Å²) >= 11 is 0. The van der Waals surface area contributed by atoms with Gasteiger partial charge >= 0.3 is 0 Å². The Morgan fingerprint density at radius 1 is 1.14 bits per heavy atom. The molecule has 1 saturated heterocycles. The lowest BCUT2D eigenvalue weighted by Gasteiger charge is -2.34. The van der Waals surface area contributed by atoms with Crippen molar-refractivity contribution >= 4 is 28.2 Å². The molecule has 1 fully saturated rings. The maximum atomic E-state index is 5.27. The Bertz CT molecular complexity index is 1640. The number of rotatable bonds is 4. The molecule has 36 heavy (non-hydrogen) atoms. The average Bonchev–Trinajstić information content (AvgIpc) is 3.64. The summed E-state index contributed by atoms with van der Waals surface area (Å²) in [5.41, 5.74) is 10.3. The van der Waals surface area contributed by atoms with E-state index < -0.39 is 0 Å². The van der Waals surface area contributed by atoms with Crippen LogP contribution >= 0.6 is 0 Å². The molecule has 0 atom stereocenters. The maximum Gasteiger partial charge on any atom is 0.117 e. The predicted molar refractivity (Wildman–Crippen MR) is 146 cm³/mol. The smallest absolute Gasteiger partial charge is 0.117 e. The lowest BCUT2D eigenvalue weighted by molar-refractivity contribution is 0.293. The predicted octanol–water partition coefficient (Wildman–Crippen LogP) is 6.32. The fourth-order valence-corrected chi connectivity index (χ4v) is 5.95. The van der Waals surface area contributed by atoms with E-state index in [1.165, 1.54) is 22.2 Å². The molecule has 7 rings (SSSR count). The van der Waals surface area contributed by atoms with E-state index >= 15 is 0 Å². The first kappa shape index (κ1) is 21.2. The number of aryl methyl sites for hydroxylation is 2. The number of nitrogens with zero attached hydrogens (tertiary/aromatic N) is 4. The minimum atomic E-state index is 0.396. The third-order valence-electron chi connectivity index (χ3n) is 7.95. The Kier molecular flexibility index (Phi) is 4.87. The fourth-order valence-electron chi connectivity index (χ4n) is 5.95.